The minimum atomic E-state index is -3.76. The van der Waals surface area contributed by atoms with E-state index in [0.29, 0.717) is 19.6 Å². The maximum Gasteiger partial charge on any atom is 0.264 e. The number of nitrogens with one attached hydrogen (secondary N) is 1. The average molecular weight is 285 g/mol. The van der Waals surface area contributed by atoms with Crippen LogP contribution < -0.4 is 4.72 Å². The van der Waals surface area contributed by atoms with Gasteiger partial charge in [-0.15, -0.1) is 0 Å². The van der Waals surface area contributed by atoms with Gasteiger partial charge in [0.15, 0.2) is 0 Å². The molecule has 0 radical (unpaired) electrons. The van der Waals surface area contributed by atoms with E-state index in [0.717, 1.165) is 5.56 Å². The van der Waals surface area contributed by atoms with Gasteiger partial charge in [0.2, 0.25) is 5.91 Å². The fourth-order valence-electron chi connectivity index (χ4n) is 1.46. The smallest absolute Gasteiger partial charge is 0.264 e. The molecule has 0 bridgehead atoms. The first-order valence-corrected chi connectivity index (χ1v) is 7.64. The zero-order valence-electron chi connectivity index (χ0n) is 11.2. The molecule has 6 heteroatoms. The Morgan fingerprint density at radius 2 is 1.89 bits per heavy atom. The van der Waals surface area contributed by atoms with E-state index in [4.69, 9.17) is 4.74 Å². The van der Waals surface area contributed by atoms with E-state index in [2.05, 4.69) is 0 Å². The molecule has 0 heterocycles. The number of carbonyl (C=O) groups is 1. The highest BCUT2D eigenvalue weighted by atomic mass is 32.2. The van der Waals surface area contributed by atoms with Gasteiger partial charge >= 0.3 is 0 Å². The standard InChI is InChI=1S/C13H19NO4S/c1-3-18-10-4-5-13(15)14-19(16,17)12-8-6-11(2)7-9-12/h6-9H,3-5,10H2,1-2H3,(H,14,15). The molecule has 0 saturated heterocycles. The van der Waals surface area contributed by atoms with E-state index < -0.39 is 15.9 Å². The summed E-state index contributed by atoms with van der Waals surface area (Å²) >= 11 is 0. The summed E-state index contributed by atoms with van der Waals surface area (Å²) in [7, 11) is -3.76. The fraction of sp³-hybridized carbons (Fsp3) is 0.462. The van der Waals surface area contributed by atoms with Crippen LogP contribution in [0.2, 0.25) is 0 Å². The van der Waals surface area contributed by atoms with Crippen molar-refractivity contribution in [2.75, 3.05) is 13.2 Å². The average Bonchev–Trinajstić information content (AvgIpc) is 2.34. The molecule has 0 spiro atoms. The second kappa shape index (κ2) is 7.25. The summed E-state index contributed by atoms with van der Waals surface area (Å²) in [5.74, 6) is -0.514. The van der Waals surface area contributed by atoms with Crippen molar-refractivity contribution < 1.29 is 17.9 Å². The normalized spacial score (nSPS) is 11.3. The Labute approximate surface area is 114 Å². The maximum atomic E-state index is 11.9. The minimum Gasteiger partial charge on any atom is -0.382 e. The fourth-order valence-corrected chi connectivity index (χ4v) is 2.47. The molecule has 0 aliphatic carbocycles. The number of hydrogen-bond acceptors (Lipinski definition) is 4. The van der Waals surface area contributed by atoms with Gasteiger partial charge in [0, 0.05) is 19.6 Å². The van der Waals surface area contributed by atoms with Gasteiger partial charge in [-0.3, -0.25) is 4.79 Å². The number of carbonyl (C=O) groups excluding carboxylic acids is 1. The van der Waals surface area contributed by atoms with Crippen molar-refractivity contribution in [2.45, 2.75) is 31.6 Å². The van der Waals surface area contributed by atoms with E-state index in [9.17, 15) is 13.2 Å². The van der Waals surface area contributed by atoms with Crippen LogP contribution in [0.1, 0.15) is 25.3 Å². The van der Waals surface area contributed by atoms with Crippen molar-refractivity contribution in [1.82, 2.24) is 4.72 Å². The van der Waals surface area contributed by atoms with Crippen molar-refractivity contribution in [3.05, 3.63) is 29.8 Å². The van der Waals surface area contributed by atoms with E-state index in [1.807, 2.05) is 18.6 Å². The number of amides is 1. The van der Waals surface area contributed by atoms with Crippen molar-refractivity contribution in [1.29, 1.82) is 0 Å². The van der Waals surface area contributed by atoms with Gasteiger partial charge in [0.1, 0.15) is 0 Å². The molecule has 0 aliphatic heterocycles. The molecule has 106 valence electrons. The molecule has 1 rings (SSSR count). The molecular formula is C13H19NO4S. The van der Waals surface area contributed by atoms with Crippen molar-refractivity contribution in [3.8, 4) is 0 Å². The van der Waals surface area contributed by atoms with Gasteiger partial charge in [-0.2, -0.15) is 0 Å². The van der Waals surface area contributed by atoms with Gasteiger partial charge in [-0.1, -0.05) is 17.7 Å². The lowest BCUT2D eigenvalue weighted by molar-refractivity contribution is -0.119. The Hall–Kier alpha value is -1.40. The van der Waals surface area contributed by atoms with Crippen molar-refractivity contribution in [3.63, 3.8) is 0 Å². The molecule has 0 aromatic heterocycles. The maximum absolute atomic E-state index is 11.9. The molecule has 0 atom stereocenters. The summed E-state index contributed by atoms with van der Waals surface area (Å²) in [6.45, 7) is 4.77. The molecule has 1 amide bonds. The van der Waals surface area contributed by atoms with Crippen LogP contribution in [0, 0.1) is 6.92 Å². The van der Waals surface area contributed by atoms with Gasteiger partial charge < -0.3 is 4.74 Å². The molecule has 1 aromatic rings. The second-order valence-electron chi connectivity index (χ2n) is 4.14. The van der Waals surface area contributed by atoms with Gasteiger partial charge in [0.25, 0.3) is 10.0 Å². The summed E-state index contributed by atoms with van der Waals surface area (Å²) in [5, 5.41) is 0. The number of sulfonamides is 1. The third-order valence-electron chi connectivity index (χ3n) is 2.48. The number of ether oxygens (including phenoxy) is 1. The third-order valence-corrected chi connectivity index (χ3v) is 3.87. The zero-order chi connectivity index (χ0) is 14.3. The van der Waals surface area contributed by atoms with Gasteiger partial charge in [-0.05, 0) is 32.4 Å². The molecule has 0 aliphatic rings. The van der Waals surface area contributed by atoms with Crippen LogP contribution in [0.4, 0.5) is 0 Å². The van der Waals surface area contributed by atoms with Crippen LogP contribution in [0.3, 0.4) is 0 Å². The van der Waals surface area contributed by atoms with Gasteiger partial charge in [0.05, 0.1) is 4.90 Å². The third kappa shape index (κ3) is 5.40. The lowest BCUT2D eigenvalue weighted by atomic mass is 10.2. The minimum absolute atomic E-state index is 0.0938. The Balaban J connectivity index is 2.55. The van der Waals surface area contributed by atoms with Crippen LogP contribution >= 0.6 is 0 Å². The van der Waals surface area contributed by atoms with E-state index >= 15 is 0 Å². The topological polar surface area (TPSA) is 72.5 Å². The molecule has 0 fully saturated rings. The lowest BCUT2D eigenvalue weighted by Crippen LogP contribution is -2.30. The summed E-state index contributed by atoms with van der Waals surface area (Å²) < 4.78 is 30.9. The number of hydrogen-bond donors (Lipinski definition) is 1. The van der Waals surface area contributed by atoms with Crippen LogP contribution in [0.5, 0.6) is 0 Å². The Kier molecular flexibility index (Phi) is 5.98. The predicted octanol–water partition coefficient (Wildman–Crippen LogP) is 1.62. The first kappa shape index (κ1) is 15.7. The molecule has 5 nitrogen and oxygen atoms in total. The zero-order valence-corrected chi connectivity index (χ0v) is 12.0. The highest BCUT2D eigenvalue weighted by Crippen LogP contribution is 2.10. The van der Waals surface area contributed by atoms with Crippen molar-refractivity contribution in [2.24, 2.45) is 0 Å². The molecular weight excluding hydrogens is 266 g/mol. The summed E-state index contributed by atoms with van der Waals surface area (Å²) in [5.41, 5.74) is 0.960. The van der Waals surface area contributed by atoms with Crippen LogP contribution in [0.15, 0.2) is 29.2 Å². The lowest BCUT2D eigenvalue weighted by Gasteiger charge is -2.07. The van der Waals surface area contributed by atoms with Crippen molar-refractivity contribution >= 4 is 15.9 Å². The quantitative estimate of drug-likeness (QED) is 0.773. The Bertz CT molecular complexity index is 508. The molecule has 1 N–H and O–H groups in total. The first-order chi connectivity index (χ1) is 8.95. The monoisotopic (exact) mass is 285 g/mol. The van der Waals surface area contributed by atoms with Crippen LogP contribution in [0.25, 0.3) is 0 Å². The summed E-state index contributed by atoms with van der Waals surface area (Å²) in [6.07, 6.45) is 0.633. The Morgan fingerprint density at radius 1 is 1.26 bits per heavy atom. The highest BCUT2D eigenvalue weighted by molar-refractivity contribution is 7.90. The second-order valence-corrected chi connectivity index (χ2v) is 5.82. The van der Waals surface area contributed by atoms with Crippen LogP contribution in [-0.2, 0) is 19.6 Å². The van der Waals surface area contributed by atoms with Crippen LogP contribution in [-0.4, -0.2) is 27.5 Å². The highest BCUT2D eigenvalue weighted by Gasteiger charge is 2.16. The summed E-state index contributed by atoms with van der Waals surface area (Å²) in [4.78, 5) is 11.6. The largest absolute Gasteiger partial charge is 0.382 e. The molecule has 19 heavy (non-hydrogen) atoms. The molecule has 0 saturated carbocycles. The summed E-state index contributed by atoms with van der Waals surface area (Å²) in [6, 6.07) is 6.33. The molecule has 1 aromatic carbocycles. The first-order valence-electron chi connectivity index (χ1n) is 6.16. The SMILES string of the molecule is CCOCCCC(=O)NS(=O)(=O)c1ccc(C)cc1. The van der Waals surface area contributed by atoms with E-state index in [1.165, 1.54) is 12.1 Å². The Morgan fingerprint density at radius 3 is 2.47 bits per heavy atom. The number of aryl methyl sites for hydroxylation is 1. The van der Waals surface area contributed by atoms with E-state index in [-0.39, 0.29) is 11.3 Å². The molecule has 0 unspecified atom stereocenters. The van der Waals surface area contributed by atoms with E-state index in [1.54, 1.807) is 12.1 Å². The van der Waals surface area contributed by atoms with Gasteiger partial charge in [-0.25, -0.2) is 13.1 Å². The number of benzene rings is 1. The number of rotatable bonds is 7. The predicted molar refractivity (Wildman–Crippen MR) is 72.2 cm³/mol.